The van der Waals surface area contributed by atoms with Crippen LogP contribution in [0.3, 0.4) is 0 Å². The van der Waals surface area contributed by atoms with Crippen molar-refractivity contribution in [3.05, 3.63) is 23.5 Å². The lowest BCUT2D eigenvalue weighted by molar-refractivity contribution is -0.115. The monoisotopic (exact) mass is 162 g/mol. The first-order valence-corrected chi connectivity index (χ1v) is 3.53. The molecule has 1 amide bonds. The highest BCUT2D eigenvalue weighted by Crippen LogP contribution is 2.20. The van der Waals surface area contributed by atoms with Crippen LogP contribution in [0.2, 0.25) is 0 Å². The molecule has 1 N–H and O–H groups in total. The lowest BCUT2D eigenvalue weighted by Crippen LogP contribution is -2.03. The number of carbonyl (C=O) groups excluding carboxylic acids is 2. The predicted octanol–water partition coefficient (Wildman–Crippen LogP) is 0.389. The van der Waals surface area contributed by atoms with Crippen LogP contribution in [0.5, 0.6) is 0 Å². The van der Waals surface area contributed by atoms with Crippen LogP contribution >= 0.6 is 0 Å². The first-order valence-electron chi connectivity index (χ1n) is 3.53. The summed E-state index contributed by atoms with van der Waals surface area (Å²) < 4.78 is 0. The summed E-state index contributed by atoms with van der Waals surface area (Å²) in [5.41, 5.74) is 1.85. The highest BCUT2D eigenvalue weighted by Gasteiger charge is 2.18. The zero-order valence-electron chi connectivity index (χ0n) is 6.20. The molecule has 0 unspecified atom stereocenters. The minimum Gasteiger partial charge on any atom is -0.324 e. The van der Waals surface area contributed by atoms with Crippen molar-refractivity contribution in [3.63, 3.8) is 0 Å². The molecule has 0 fully saturated rings. The van der Waals surface area contributed by atoms with Crippen molar-refractivity contribution < 1.29 is 9.59 Å². The molecular weight excluding hydrogens is 156 g/mol. The Balaban J connectivity index is 2.48. The Labute approximate surface area is 68.6 Å². The van der Waals surface area contributed by atoms with Gasteiger partial charge >= 0.3 is 0 Å². The van der Waals surface area contributed by atoms with E-state index in [1.807, 2.05) is 0 Å². The molecule has 12 heavy (non-hydrogen) atoms. The molecule has 1 aromatic heterocycles. The van der Waals surface area contributed by atoms with Gasteiger partial charge in [-0.3, -0.25) is 14.6 Å². The second-order valence-corrected chi connectivity index (χ2v) is 2.61. The molecule has 0 atom stereocenters. The van der Waals surface area contributed by atoms with Crippen LogP contribution in [-0.2, 0) is 11.2 Å². The largest absolute Gasteiger partial charge is 0.324 e. The van der Waals surface area contributed by atoms with Crippen molar-refractivity contribution in [2.75, 3.05) is 5.32 Å². The van der Waals surface area contributed by atoms with Gasteiger partial charge in [0, 0.05) is 11.8 Å². The third-order valence-corrected chi connectivity index (χ3v) is 1.73. The van der Waals surface area contributed by atoms with E-state index in [2.05, 4.69) is 10.3 Å². The van der Waals surface area contributed by atoms with Crippen LogP contribution in [0.25, 0.3) is 0 Å². The molecule has 4 nitrogen and oxygen atoms in total. The van der Waals surface area contributed by atoms with Crippen molar-refractivity contribution in [2.45, 2.75) is 6.42 Å². The summed E-state index contributed by atoms with van der Waals surface area (Å²) in [4.78, 5) is 25.2. The SMILES string of the molecule is O=Cc1cnc2c(c1)NC(=O)C2. The molecule has 2 heterocycles. The Hall–Kier alpha value is -1.71. The predicted molar refractivity (Wildman–Crippen MR) is 42.0 cm³/mol. The highest BCUT2D eigenvalue weighted by atomic mass is 16.1. The number of aromatic nitrogens is 1. The number of amides is 1. The third kappa shape index (κ3) is 0.972. The van der Waals surface area contributed by atoms with E-state index < -0.39 is 0 Å². The van der Waals surface area contributed by atoms with Crippen molar-refractivity contribution in [2.24, 2.45) is 0 Å². The Kier molecular flexibility index (Phi) is 1.40. The van der Waals surface area contributed by atoms with Gasteiger partial charge in [0.15, 0.2) is 6.29 Å². The van der Waals surface area contributed by atoms with Gasteiger partial charge in [-0.15, -0.1) is 0 Å². The van der Waals surface area contributed by atoms with Crippen LogP contribution in [0.1, 0.15) is 16.1 Å². The van der Waals surface area contributed by atoms with E-state index in [1.165, 1.54) is 6.20 Å². The molecule has 1 aliphatic heterocycles. The van der Waals surface area contributed by atoms with Crippen molar-refractivity contribution in [3.8, 4) is 0 Å². The molecule has 60 valence electrons. The first kappa shape index (κ1) is 6.97. The number of hydrogen-bond acceptors (Lipinski definition) is 3. The van der Waals surface area contributed by atoms with Gasteiger partial charge in [0.05, 0.1) is 17.8 Å². The van der Waals surface area contributed by atoms with E-state index in [0.717, 1.165) is 0 Å². The average Bonchev–Trinajstić information content (AvgIpc) is 2.43. The van der Waals surface area contributed by atoms with Gasteiger partial charge in [0.25, 0.3) is 0 Å². The zero-order chi connectivity index (χ0) is 8.55. The fraction of sp³-hybridized carbons (Fsp3) is 0.125. The van der Waals surface area contributed by atoms with Crippen LogP contribution in [0, 0.1) is 0 Å². The highest BCUT2D eigenvalue weighted by molar-refractivity contribution is 5.99. The number of fused-ring (bicyclic) bond motifs is 1. The molecule has 0 spiro atoms. The van der Waals surface area contributed by atoms with Crippen molar-refractivity contribution >= 4 is 17.9 Å². The van der Waals surface area contributed by atoms with E-state index in [0.29, 0.717) is 29.7 Å². The molecule has 0 aromatic carbocycles. The summed E-state index contributed by atoms with van der Waals surface area (Å²) in [6, 6.07) is 1.63. The fourth-order valence-electron chi connectivity index (χ4n) is 1.17. The van der Waals surface area contributed by atoms with Crippen molar-refractivity contribution in [1.82, 2.24) is 4.98 Å². The first-order chi connectivity index (χ1) is 5.79. The molecule has 4 heteroatoms. The standard InChI is InChI=1S/C8H6N2O2/c11-4-5-1-7-6(9-3-5)2-8(12)10-7/h1,3-4H,2H2,(H,10,12). The molecule has 0 bridgehead atoms. The number of anilines is 1. The second-order valence-electron chi connectivity index (χ2n) is 2.61. The minimum atomic E-state index is -0.0689. The average molecular weight is 162 g/mol. The van der Waals surface area contributed by atoms with E-state index >= 15 is 0 Å². The number of rotatable bonds is 1. The summed E-state index contributed by atoms with van der Waals surface area (Å²) >= 11 is 0. The maximum Gasteiger partial charge on any atom is 0.230 e. The van der Waals surface area contributed by atoms with E-state index in [-0.39, 0.29) is 5.91 Å². The van der Waals surface area contributed by atoms with Crippen LogP contribution < -0.4 is 5.32 Å². The Morgan fingerprint density at radius 2 is 2.42 bits per heavy atom. The number of nitrogens with zero attached hydrogens (tertiary/aromatic N) is 1. The van der Waals surface area contributed by atoms with Gasteiger partial charge in [-0.05, 0) is 6.07 Å². The third-order valence-electron chi connectivity index (χ3n) is 1.73. The minimum absolute atomic E-state index is 0.0689. The quantitative estimate of drug-likeness (QED) is 0.607. The molecule has 0 saturated carbocycles. The fourth-order valence-corrected chi connectivity index (χ4v) is 1.17. The maximum atomic E-state index is 10.9. The number of aldehydes is 1. The van der Waals surface area contributed by atoms with Crippen LogP contribution in [0.15, 0.2) is 12.3 Å². The van der Waals surface area contributed by atoms with Gasteiger partial charge in [-0.2, -0.15) is 0 Å². The second kappa shape index (κ2) is 2.41. The molecular formula is C8H6N2O2. The van der Waals surface area contributed by atoms with E-state index in [4.69, 9.17) is 0 Å². The number of carbonyl (C=O) groups is 2. The topological polar surface area (TPSA) is 59.1 Å². The Bertz CT molecular complexity index is 360. The summed E-state index contributed by atoms with van der Waals surface area (Å²) in [6.07, 6.45) is 2.48. The summed E-state index contributed by atoms with van der Waals surface area (Å²) in [5.74, 6) is -0.0689. The summed E-state index contributed by atoms with van der Waals surface area (Å²) in [7, 11) is 0. The normalized spacial score (nSPS) is 13.8. The Morgan fingerprint density at radius 1 is 1.58 bits per heavy atom. The van der Waals surface area contributed by atoms with Crippen LogP contribution in [0.4, 0.5) is 5.69 Å². The molecule has 0 aliphatic carbocycles. The lowest BCUT2D eigenvalue weighted by Gasteiger charge is -1.96. The molecule has 0 radical (unpaired) electrons. The zero-order valence-corrected chi connectivity index (χ0v) is 6.20. The molecule has 1 aliphatic rings. The van der Waals surface area contributed by atoms with Gasteiger partial charge in [-0.1, -0.05) is 0 Å². The van der Waals surface area contributed by atoms with E-state index in [9.17, 15) is 9.59 Å². The molecule has 2 rings (SSSR count). The number of nitrogens with one attached hydrogen (secondary N) is 1. The number of hydrogen-bond donors (Lipinski definition) is 1. The summed E-state index contributed by atoms with van der Waals surface area (Å²) in [5, 5.41) is 2.61. The molecule has 1 aromatic rings. The Morgan fingerprint density at radius 3 is 3.17 bits per heavy atom. The maximum absolute atomic E-state index is 10.9. The van der Waals surface area contributed by atoms with E-state index in [1.54, 1.807) is 6.07 Å². The number of pyridine rings is 1. The van der Waals surface area contributed by atoms with Gasteiger partial charge in [-0.25, -0.2) is 0 Å². The summed E-state index contributed by atoms with van der Waals surface area (Å²) in [6.45, 7) is 0. The van der Waals surface area contributed by atoms with Gasteiger partial charge in [0.1, 0.15) is 0 Å². The van der Waals surface area contributed by atoms with Crippen LogP contribution in [-0.4, -0.2) is 17.2 Å². The van der Waals surface area contributed by atoms with Gasteiger partial charge < -0.3 is 5.32 Å². The smallest absolute Gasteiger partial charge is 0.230 e. The molecule has 0 saturated heterocycles. The van der Waals surface area contributed by atoms with Crippen molar-refractivity contribution in [1.29, 1.82) is 0 Å². The van der Waals surface area contributed by atoms with Gasteiger partial charge in [0.2, 0.25) is 5.91 Å². The lowest BCUT2D eigenvalue weighted by atomic mass is 10.2.